The van der Waals surface area contributed by atoms with Gasteiger partial charge in [-0.25, -0.2) is 0 Å². The third-order valence-corrected chi connectivity index (χ3v) is 3.60. The predicted molar refractivity (Wildman–Crippen MR) is 68.4 cm³/mol. The summed E-state index contributed by atoms with van der Waals surface area (Å²) < 4.78 is 0. The monoisotopic (exact) mass is 240 g/mol. The molecule has 0 aliphatic rings. The van der Waals surface area contributed by atoms with Crippen LogP contribution in [-0.4, -0.2) is 23.9 Å². The topological polar surface area (TPSA) is 46.3 Å². The number of nitrogens with two attached hydrogens (primary N) is 1. The van der Waals surface area contributed by atoms with E-state index in [4.69, 9.17) is 5.73 Å². The van der Waals surface area contributed by atoms with E-state index in [-0.39, 0.29) is 11.9 Å². The summed E-state index contributed by atoms with van der Waals surface area (Å²) >= 11 is 1.70. The number of amides is 1. The Morgan fingerprint density at radius 3 is 2.81 bits per heavy atom. The molecule has 90 valence electrons. The highest BCUT2D eigenvalue weighted by Gasteiger charge is 2.11. The molecular weight excluding hydrogens is 220 g/mol. The van der Waals surface area contributed by atoms with Crippen molar-refractivity contribution in [2.24, 2.45) is 5.73 Å². The van der Waals surface area contributed by atoms with Crippen molar-refractivity contribution < 1.29 is 4.79 Å². The molecule has 1 rings (SSSR count). The zero-order chi connectivity index (χ0) is 12.1. The maximum absolute atomic E-state index is 11.8. The molecule has 1 heterocycles. The second-order valence-electron chi connectivity index (χ2n) is 4.29. The van der Waals surface area contributed by atoms with E-state index in [2.05, 4.69) is 18.4 Å². The predicted octanol–water partition coefficient (Wildman–Crippen LogP) is 2.14. The maximum Gasteiger partial charge on any atom is 0.222 e. The molecule has 0 spiro atoms. The van der Waals surface area contributed by atoms with E-state index >= 15 is 0 Å². The Morgan fingerprint density at radius 1 is 1.62 bits per heavy atom. The minimum atomic E-state index is 0.0980. The highest BCUT2D eigenvalue weighted by molar-refractivity contribution is 7.10. The van der Waals surface area contributed by atoms with Crippen LogP contribution in [0.15, 0.2) is 11.4 Å². The Kier molecular flexibility index (Phi) is 4.96. The second-order valence-corrected chi connectivity index (χ2v) is 5.29. The van der Waals surface area contributed by atoms with Gasteiger partial charge in [0.05, 0.1) is 6.54 Å². The normalized spacial score (nSPS) is 12.5. The minimum absolute atomic E-state index is 0.0980. The minimum Gasteiger partial charge on any atom is -0.341 e. The van der Waals surface area contributed by atoms with Crippen molar-refractivity contribution in [1.82, 2.24) is 4.90 Å². The van der Waals surface area contributed by atoms with Gasteiger partial charge in [-0.2, -0.15) is 0 Å². The molecule has 1 aromatic rings. The number of nitrogens with zero attached hydrogens (tertiary/aromatic N) is 1. The molecule has 3 nitrogen and oxygen atoms in total. The summed E-state index contributed by atoms with van der Waals surface area (Å²) in [5.41, 5.74) is 6.89. The molecule has 2 N–H and O–H groups in total. The molecule has 0 aliphatic heterocycles. The van der Waals surface area contributed by atoms with Gasteiger partial charge in [-0.05, 0) is 37.3 Å². The van der Waals surface area contributed by atoms with E-state index in [9.17, 15) is 4.79 Å². The van der Waals surface area contributed by atoms with E-state index in [1.807, 2.05) is 14.0 Å². The third kappa shape index (κ3) is 3.94. The van der Waals surface area contributed by atoms with E-state index in [0.29, 0.717) is 13.0 Å². The first kappa shape index (κ1) is 13.2. The first-order valence-electron chi connectivity index (χ1n) is 5.53. The van der Waals surface area contributed by atoms with Gasteiger partial charge in [0.25, 0.3) is 0 Å². The first-order chi connectivity index (χ1) is 7.50. The van der Waals surface area contributed by atoms with Crippen LogP contribution in [0.25, 0.3) is 0 Å². The number of carbonyl (C=O) groups is 1. The van der Waals surface area contributed by atoms with Crippen LogP contribution in [0.2, 0.25) is 0 Å². The first-order valence-corrected chi connectivity index (χ1v) is 6.41. The third-order valence-electron chi connectivity index (χ3n) is 2.59. The lowest BCUT2D eigenvalue weighted by molar-refractivity contribution is -0.130. The van der Waals surface area contributed by atoms with Crippen molar-refractivity contribution in [3.63, 3.8) is 0 Å². The van der Waals surface area contributed by atoms with Gasteiger partial charge in [-0.3, -0.25) is 4.79 Å². The van der Waals surface area contributed by atoms with Gasteiger partial charge < -0.3 is 10.6 Å². The molecule has 16 heavy (non-hydrogen) atoms. The lowest BCUT2D eigenvalue weighted by atomic mass is 10.2. The molecule has 1 atom stereocenters. The summed E-state index contributed by atoms with van der Waals surface area (Å²) in [7, 11) is 1.85. The molecule has 1 unspecified atom stereocenters. The van der Waals surface area contributed by atoms with Gasteiger partial charge in [-0.15, -0.1) is 11.3 Å². The quantitative estimate of drug-likeness (QED) is 0.857. The summed E-state index contributed by atoms with van der Waals surface area (Å²) in [5, 5.41) is 2.06. The molecule has 1 amide bonds. The number of hydrogen-bond acceptors (Lipinski definition) is 3. The van der Waals surface area contributed by atoms with Crippen LogP contribution < -0.4 is 5.73 Å². The maximum atomic E-state index is 11.8. The highest BCUT2D eigenvalue weighted by atomic mass is 32.1. The van der Waals surface area contributed by atoms with E-state index < -0.39 is 0 Å². The molecule has 0 saturated heterocycles. The van der Waals surface area contributed by atoms with Gasteiger partial charge >= 0.3 is 0 Å². The average molecular weight is 240 g/mol. The Hall–Kier alpha value is -0.870. The van der Waals surface area contributed by atoms with E-state index in [1.165, 1.54) is 10.4 Å². The Morgan fingerprint density at radius 2 is 2.31 bits per heavy atom. The SMILES string of the molecule is Cc1ccsc1CN(C)C(=O)CCC(C)N. The smallest absolute Gasteiger partial charge is 0.222 e. The zero-order valence-corrected chi connectivity index (χ0v) is 11.0. The van der Waals surface area contributed by atoms with Crippen molar-refractivity contribution in [1.29, 1.82) is 0 Å². The number of carbonyl (C=O) groups excluding carboxylic acids is 1. The number of rotatable bonds is 5. The van der Waals surface area contributed by atoms with Crippen LogP contribution >= 0.6 is 11.3 Å². The summed E-state index contributed by atoms with van der Waals surface area (Å²) in [6.45, 7) is 4.71. The fourth-order valence-electron chi connectivity index (χ4n) is 1.41. The second kappa shape index (κ2) is 6.01. The van der Waals surface area contributed by atoms with Gasteiger partial charge in [0.2, 0.25) is 5.91 Å². The Balaban J connectivity index is 2.43. The lowest BCUT2D eigenvalue weighted by Gasteiger charge is -2.17. The van der Waals surface area contributed by atoms with Gasteiger partial charge in [-0.1, -0.05) is 0 Å². The van der Waals surface area contributed by atoms with Gasteiger partial charge in [0.1, 0.15) is 0 Å². The Bertz CT molecular complexity index is 347. The summed E-state index contributed by atoms with van der Waals surface area (Å²) in [6, 6.07) is 2.18. The van der Waals surface area contributed by atoms with Crippen molar-refractivity contribution in [3.05, 3.63) is 21.9 Å². The molecule has 0 bridgehead atoms. The summed E-state index contributed by atoms with van der Waals surface area (Å²) in [6.07, 6.45) is 1.30. The largest absolute Gasteiger partial charge is 0.341 e. The van der Waals surface area contributed by atoms with Crippen molar-refractivity contribution in [2.75, 3.05) is 7.05 Å². The number of aryl methyl sites for hydroxylation is 1. The standard InChI is InChI=1S/C12H20N2OS/c1-9-6-7-16-11(9)8-14(3)12(15)5-4-10(2)13/h6-7,10H,4-5,8,13H2,1-3H3. The van der Waals surface area contributed by atoms with Gasteiger partial charge in [0, 0.05) is 24.4 Å². The molecular formula is C12H20N2OS. The van der Waals surface area contributed by atoms with Crippen LogP contribution in [0.4, 0.5) is 0 Å². The van der Waals surface area contributed by atoms with Crippen molar-refractivity contribution in [2.45, 2.75) is 39.3 Å². The van der Waals surface area contributed by atoms with Crippen LogP contribution in [-0.2, 0) is 11.3 Å². The van der Waals surface area contributed by atoms with Crippen molar-refractivity contribution in [3.8, 4) is 0 Å². The van der Waals surface area contributed by atoms with E-state index in [0.717, 1.165) is 6.42 Å². The highest BCUT2D eigenvalue weighted by Crippen LogP contribution is 2.17. The summed E-state index contributed by atoms with van der Waals surface area (Å²) in [5.74, 6) is 0.171. The molecule has 0 radical (unpaired) electrons. The molecule has 0 aliphatic carbocycles. The molecule has 4 heteroatoms. The van der Waals surface area contributed by atoms with Crippen molar-refractivity contribution >= 4 is 17.2 Å². The lowest BCUT2D eigenvalue weighted by Crippen LogP contribution is -2.27. The molecule has 0 saturated carbocycles. The number of hydrogen-bond donors (Lipinski definition) is 1. The molecule has 1 aromatic heterocycles. The van der Waals surface area contributed by atoms with E-state index in [1.54, 1.807) is 16.2 Å². The Labute approximate surface area is 101 Å². The molecule has 0 fully saturated rings. The summed E-state index contributed by atoms with van der Waals surface area (Å²) in [4.78, 5) is 14.8. The zero-order valence-electron chi connectivity index (χ0n) is 10.2. The van der Waals surface area contributed by atoms with Crippen LogP contribution in [0.5, 0.6) is 0 Å². The van der Waals surface area contributed by atoms with Crippen LogP contribution in [0.1, 0.15) is 30.2 Å². The van der Waals surface area contributed by atoms with Crippen LogP contribution in [0, 0.1) is 6.92 Å². The van der Waals surface area contributed by atoms with Gasteiger partial charge in [0.15, 0.2) is 0 Å². The molecule has 0 aromatic carbocycles. The van der Waals surface area contributed by atoms with Crippen LogP contribution in [0.3, 0.4) is 0 Å². The average Bonchev–Trinajstić information content (AvgIpc) is 2.60. The number of thiophene rings is 1. The fraction of sp³-hybridized carbons (Fsp3) is 0.583. The fourth-order valence-corrected chi connectivity index (χ4v) is 2.37.